The third-order valence-electron chi connectivity index (χ3n) is 4.47. The number of halogens is 4. The summed E-state index contributed by atoms with van der Waals surface area (Å²) >= 11 is 5.70. The second-order valence-electron chi connectivity index (χ2n) is 5.85. The second-order valence-corrected chi connectivity index (χ2v) is 6.26. The van der Waals surface area contributed by atoms with Gasteiger partial charge in [0.15, 0.2) is 0 Å². The second kappa shape index (κ2) is 5.78. The molecule has 1 N–H and O–H groups in total. The van der Waals surface area contributed by atoms with E-state index in [1.165, 1.54) is 18.2 Å². The molecule has 0 spiro atoms. The average Bonchev–Trinajstić information content (AvgIpc) is 2.95. The molecule has 0 radical (unpaired) electrons. The highest BCUT2D eigenvalue weighted by atomic mass is 35.5. The molecule has 1 heterocycles. The average molecular weight is 320 g/mol. The Hall–Kier alpha value is -0.780. The standard InChI is InChI=1S/C15H17ClF3NO/c16-13-3-1-2-9(14(13)15(17,18)19)8-21-12-4-10-6-20-7-11(10)5-12/h1-3,10-12,20H,4-8H2/t10-,11+,12?. The zero-order valence-electron chi connectivity index (χ0n) is 11.4. The van der Waals surface area contributed by atoms with Crippen molar-refractivity contribution < 1.29 is 17.9 Å². The normalized spacial score (nSPS) is 28.9. The van der Waals surface area contributed by atoms with Crippen molar-refractivity contribution in [3.05, 3.63) is 34.3 Å². The lowest BCUT2D eigenvalue weighted by Gasteiger charge is -2.17. The maximum atomic E-state index is 13.0. The van der Waals surface area contributed by atoms with Gasteiger partial charge >= 0.3 is 6.18 Å². The van der Waals surface area contributed by atoms with Crippen LogP contribution >= 0.6 is 11.6 Å². The number of hydrogen-bond acceptors (Lipinski definition) is 2. The van der Waals surface area contributed by atoms with Crippen molar-refractivity contribution in [2.24, 2.45) is 11.8 Å². The van der Waals surface area contributed by atoms with E-state index < -0.39 is 11.7 Å². The van der Waals surface area contributed by atoms with Crippen molar-refractivity contribution in [3.8, 4) is 0 Å². The number of hydrogen-bond donors (Lipinski definition) is 1. The lowest BCUT2D eigenvalue weighted by Crippen LogP contribution is -2.17. The van der Waals surface area contributed by atoms with E-state index in [2.05, 4.69) is 5.32 Å². The van der Waals surface area contributed by atoms with Crippen LogP contribution in [0.3, 0.4) is 0 Å². The summed E-state index contributed by atoms with van der Waals surface area (Å²) in [6.07, 6.45) is -2.53. The molecule has 21 heavy (non-hydrogen) atoms. The van der Waals surface area contributed by atoms with Gasteiger partial charge in [0.1, 0.15) is 0 Å². The topological polar surface area (TPSA) is 21.3 Å². The maximum Gasteiger partial charge on any atom is 0.418 e. The zero-order chi connectivity index (χ0) is 15.0. The SMILES string of the molecule is FC(F)(F)c1c(Cl)cccc1COC1C[C@H]2CNC[C@H]2C1. The predicted molar refractivity (Wildman–Crippen MR) is 74.1 cm³/mol. The van der Waals surface area contributed by atoms with Crippen LogP contribution in [0.1, 0.15) is 24.0 Å². The minimum Gasteiger partial charge on any atom is -0.374 e. The number of fused-ring (bicyclic) bond motifs is 1. The highest BCUT2D eigenvalue weighted by molar-refractivity contribution is 6.31. The lowest BCUT2D eigenvalue weighted by molar-refractivity contribution is -0.139. The Morgan fingerprint density at radius 3 is 2.48 bits per heavy atom. The van der Waals surface area contributed by atoms with E-state index >= 15 is 0 Å². The monoisotopic (exact) mass is 319 g/mol. The number of benzene rings is 1. The molecule has 3 atom stereocenters. The molecule has 2 aliphatic rings. The Labute approximate surface area is 126 Å². The first-order valence-corrected chi connectivity index (χ1v) is 7.50. The molecule has 2 nitrogen and oxygen atoms in total. The first kappa shape index (κ1) is 15.1. The van der Waals surface area contributed by atoms with Crippen molar-refractivity contribution in [1.29, 1.82) is 0 Å². The van der Waals surface area contributed by atoms with Crippen LogP contribution in [-0.2, 0) is 17.5 Å². The van der Waals surface area contributed by atoms with Gasteiger partial charge in [0.05, 0.1) is 23.3 Å². The molecule has 3 rings (SSSR count). The van der Waals surface area contributed by atoms with Gasteiger partial charge < -0.3 is 10.1 Å². The van der Waals surface area contributed by atoms with Gasteiger partial charge in [-0.25, -0.2) is 0 Å². The van der Waals surface area contributed by atoms with Crippen molar-refractivity contribution in [1.82, 2.24) is 5.32 Å². The highest BCUT2D eigenvalue weighted by Gasteiger charge is 2.39. The summed E-state index contributed by atoms with van der Waals surface area (Å²) in [6.45, 7) is 1.96. The van der Waals surface area contributed by atoms with Crippen LogP contribution in [0.5, 0.6) is 0 Å². The maximum absolute atomic E-state index is 13.0. The van der Waals surface area contributed by atoms with Crippen LogP contribution in [0.2, 0.25) is 5.02 Å². The van der Waals surface area contributed by atoms with E-state index in [0.29, 0.717) is 11.8 Å². The molecule has 116 valence electrons. The largest absolute Gasteiger partial charge is 0.418 e. The van der Waals surface area contributed by atoms with Crippen LogP contribution in [-0.4, -0.2) is 19.2 Å². The summed E-state index contributed by atoms with van der Waals surface area (Å²) in [4.78, 5) is 0. The van der Waals surface area contributed by atoms with Crippen LogP contribution in [0.25, 0.3) is 0 Å². The van der Waals surface area contributed by atoms with Gasteiger partial charge in [-0.1, -0.05) is 23.7 Å². The van der Waals surface area contributed by atoms with Gasteiger partial charge in [-0.15, -0.1) is 0 Å². The van der Waals surface area contributed by atoms with Crippen molar-refractivity contribution in [3.63, 3.8) is 0 Å². The van der Waals surface area contributed by atoms with E-state index in [9.17, 15) is 13.2 Å². The van der Waals surface area contributed by atoms with Crippen LogP contribution in [0.4, 0.5) is 13.2 Å². The molecule has 6 heteroatoms. The van der Waals surface area contributed by atoms with Crippen LogP contribution in [0, 0.1) is 11.8 Å². The quantitative estimate of drug-likeness (QED) is 0.913. The molecule has 1 aliphatic carbocycles. The molecule has 1 aromatic carbocycles. The molecular weight excluding hydrogens is 303 g/mol. The molecule has 1 saturated heterocycles. The molecule has 1 aromatic rings. The van der Waals surface area contributed by atoms with Gasteiger partial charge in [0, 0.05) is 0 Å². The molecule has 0 bridgehead atoms. The fourth-order valence-corrected chi connectivity index (χ4v) is 3.76. The molecule has 1 unspecified atom stereocenters. The van der Waals surface area contributed by atoms with Gasteiger partial charge in [-0.05, 0) is 49.4 Å². The van der Waals surface area contributed by atoms with E-state index in [4.69, 9.17) is 16.3 Å². The third-order valence-corrected chi connectivity index (χ3v) is 4.78. The molecule has 1 saturated carbocycles. The lowest BCUT2D eigenvalue weighted by atomic mass is 10.0. The van der Waals surface area contributed by atoms with Crippen LogP contribution in [0.15, 0.2) is 18.2 Å². The van der Waals surface area contributed by atoms with E-state index in [0.717, 1.165) is 25.9 Å². The molecule has 0 amide bonds. The molecule has 0 aromatic heterocycles. The van der Waals surface area contributed by atoms with Gasteiger partial charge in [-0.3, -0.25) is 0 Å². The van der Waals surface area contributed by atoms with E-state index in [1.807, 2.05) is 0 Å². The fraction of sp³-hybridized carbons (Fsp3) is 0.600. The fourth-order valence-electron chi connectivity index (χ4n) is 3.46. The van der Waals surface area contributed by atoms with Crippen molar-refractivity contribution >= 4 is 11.6 Å². The Bertz CT molecular complexity index is 508. The van der Waals surface area contributed by atoms with Gasteiger partial charge in [0.25, 0.3) is 0 Å². The summed E-state index contributed by atoms with van der Waals surface area (Å²) < 4.78 is 44.9. The van der Waals surface area contributed by atoms with E-state index in [-0.39, 0.29) is 23.3 Å². The van der Waals surface area contributed by atoms with Gasteiger partial charge in [-0.2, -0.15) is 13.2 Å². The smallest absolute Gasteiger partial charge is 0.374 e. The third kappa shape index (κ3) is 3.20. The number of ether oxygens (including phenoxy) is 1. The van der Waals surface area contributed by atoms with E-state index in [1.54, 1.807) is 0 Å². The molecule has 2 fully saturated rings. The summed E-state index contributed by atoms with van der Waals surface area (Å²) in [5.41, 5.74) is -0.656. The first-order valence-electron chi connectivity index (χ1n) is 7.12. The zero-order valence-corrected chi connectivity index (χ0v) is 12.2. The molecule has 1 aliphatic heterocycles. The van der Waals surface area contributed by atoms with Crippen molar-refractivity contribution in [2.45, 2.75) is 31.7 Å². The summed E-state index contributed by atoms with van der Waals surface area (Å²) in [6, 6.07) is 4.23. The Kier molecular flexibility index (Phi) is 4.17. The van der Waals surface area contributed by atoms with Crippen LogP contribution < -0.4 is 5.32 Å². The number of rotatable bonds is 3. The Balaban J connectivity index is 1.67. The highest BCUT2D eigenvalue weighted by Crippen LogP contribution is 2.39. The Morgan fingerprint density at radius 2 is 1.86 bits per heavy atom. The molecular formula is C15H17ClF3NO. The predicted octanol–water partition coefficient (Wildman–Crippen LogP) is 3.87. The first-order chi connectivity index (χ1) is 9.95. The minimum atomic E-state index is -4.45. The minimum absolute atomic E-state index is 0.0348. The Morgan fingerprint density at radius 1 is 1.19 bits per heavy atom. The summed E-state index contributed by atoms with van der Waals surface area (Å²) in [7, 11) is 0. The summed E-state index contributed by atoms with van der Waals surface area (Å²) in [5.74, 6) is 1.22. The van der Waals surface area contributed by atoms with Gasteiger partial charge in [0.2, 0.25) is 0 Å². The van der Waals surface area contributed by atoms with Crippen molar-refractivity contribution in [2.75, 3.05) is 13.1 Å². The number of alkyl halides is 3. The summed E-state index contributed by atoms with van der Waals surface area (Å²) in [5, 5.41) is 3.07. The number of nitrogens with one attached hydrogen (secondary N) is 1.